The third-order valence-corrected chi connectivity index (χ3v) is 6.83. The van der Waals surface area contributed by atoms with Crippen LogP contribution in [-0.4, -0.2) is 24.6 Å². The van der Waals surface area contributed by atoms with E-state index in [1.165, 1.54) is 25.7 Å². The van der Waals surface area contributed by atoms with Crippen molar-refractivity contribution in [2.24, 2.45) is 5.92 Å². The van der Waals surface area contributed by atoms with E-state index in [0.717, 1.165) is 11.5 Å². The monoisotopic (exact) mass is 317 g/mol. The molecule has 2 rings (SSSR count). The van der Waals surface area contributed by atoms with E-state index in [1.807, 2.05) is 6.92 Å². The van der Waals surface area contributed by atoms with Gasteiger partial charge in [-0.3, -0.25) is 0 Å². The minimum absolute atomic E-state index is 0.113. The molecule has 1 aliphatic carbocycles. The summed E-state index contributed by atoms with van der Waals surface area (Å²) in [6.07, 6.45) is 5.53. The van der Waals surface area contributed by atoms with E-state index in [0.29, 0.717) is 17.3 Å². The number of hydrogen-bond donors (Lipinski definition) is 2. The van der Waals surface area contributed by atoms with E-state index in [1.54, 1.807) is 0 Å². The van der Waals surface area contributed by atoms with Crippen LogP contribution in [0.15, 0.2) is 4.90 Å². The minimum atomic E-state index is -3.34. The molecule has 114 valence electrons. The lowest BCUT2D eigenvalue weighted by atomic mass is 10.0. The lowest BCUT2D eigenvalue weighted by Crippen LogP contribution is -2.24. The standard InChI is InChI=1S/C13H23N3O2S2/c1-3-8-20(17,18)11-12(14)16-19-13(11)15-9(2)10-6-4-5-7-10/h9-10,15H,3-8H2,1-2H3,(H2,14,16). The summed E-state index contributed by atoms with van der Waals surface area (Å²) in [4.78, 5) is 0.203. The fourth-order valence-electron chi connectivity index (χ4n) is 2.84. The molecule has 3 N–H and O–H groups in total. The van der Waals surface area contributed by atoms with Crippen LogP contribution in [0, 0.1) is 5.92 Å². The van der Waals surface area contributed by atoms with Crippen molar-refractivity contribution in [2.45, 2.75) is 56.9 Å². The molecule has 1 heterocycles. The molecule has 5 nitrogen and oxygen atoms in total. The number of rotatable bonds is 6. The highest BCUT2D eigenvalue weighted by Crippen LogP contribution is 2.35. The maximum atomic E-state index is 12.3. The molecule has 0 spiro atoms. The Balaban J connectivity index is 2.20. The third kappa shape index (κ3) is 3.25. The van der Waals surface area contributed by atoms with E-state index in [4.69, 9.17) is 5.73 Å². The Bertz CT molecular complexity index is 548. The Morgan fingerprint density at radius 1 is 1.45 bits per heavy atom. The highest BCUT2D eigenvalue weighted by molar-refractivity contribution is 7.91. The molecule has 1 aromatic rings. The lowest BCUT2D eigenvalue weighted by molar-refractivity contribution is 0.482. The van der Waals surface area contributed by atoms with E-state index in [2.05, 4.69) is 16.6 Å². The Hall–Kier alpha value is -0.820. The number of nitrogens with zero attached hydrogens (tertiary/aromatic N) is 1. The van der Waals surface area contributed by atoms with Crippen LogP contribution >= 0.6 is 11.5 Å². The minimum Gasteiger partial charge on any atom is -0.382 e. The van der Waals surface area contributed by atoms with Gasteiger partial charge < -0.3 is 11.1 Å². The summed E-state index contributed by atoms with van der Waals surface area (Å²) in [5.41, 5.74) is 5.77. The van der Waals surface area contributed by atoms with Crippen molar-refractivity contribution >= 4 is 32.2 Å². The maximum absolute atomic E-state index is 12.3. The van der Waals surface area contributed by atoms with Crippen molar-refractivity contribution in [1.82, 2.24) is 4.37 Å². The first-order valence-electron chi connectivity index (χ1n) is 7.20. The molecule has 7 heteroatoms. The summed E-state index contributed by atoms with van der Waals surface area (Å²) in [5.74, 6) is 0.854. The van der Waals surface area contributed by atoms with Crippen LogP contribution in [0.4, 0.5) is 10.8 Å². The molecule has 1 aliphatic rings. The van der Waals surface area contributed by atoms with Gasteiger partial charge in [0.15, 0.2) is 15.7 Å². The van der Waals surface area contributed by atoms with Gasteiger partial charge in [-0.2, -0.15) is 4.37 Å². The van der Waals surface area contributed by atoms with Crippen molar-refractivity contribution in [3.63, 3.8) is 0 Å². The molecule has 0 bridgehead atoms. The van der Waals surface area contributed by atoms with Crippen molar-refractivity contribution in [2.75, 3.05) is 16.8 Å². The molecule has 0 aromatic carbocycles. The summed E-state index contributed by atoms with van der Waals surface area (Å²) < 4.78 is 28.6. The van der Waals surface area contributed by atoms with Gasteiger partial charge in [0.1, 0.15) is 9.90 Å². The van der Waals surface area contributed by atoms with Crippen LogP contribution in [0.2, 0.25) is 0 Å². The number of nitrogen functional groups attached to an aromatic ring is 1. The number of aromatic nitrogens is 1. The van der Waals surface area contributed by atoms with E-state index in [-0.39, 0.29) is 22.5 Å². The van der Waals surface area contributed by atoms with Crippen LogP contribution < -0.4 is 11.1 Å². The van der Waals surface area contributed by atoms with E-state index in [9.17, 15) is 8.42 Å². The molecule has 1 unspecified atom stereocenters. The zero-order valence-electron chi connectivity index (χ0n) is 12.1. The van der Waals surface area contributed by atoms with Gasteiger partial charge in [-0.25, -0.2) is 8.42 Å². The number of sulfone groups is 1. The Morgan fingerprint density at radius 2 is 2.10 bits per heavy atom. The molecular formula is C13H23N3O2S2. The lowest BCUT2D eigenvalue weighted by Gasteiger charge is -2.21. The van der Waals surface area contributed by atoms with Crippen LogP contribution in [0.1, 0.15) is 46.0 Å². The van der Waals surface area contributed by atoms with Gasteiger partial charge in [0.05, 0.1) is 5.75 Å². The fraction of sp³-hybridized carbons (Fsp3) is 0.769. The first kappa shape index (κ1) is 15.6. The SMILES string of the molecule is CCCS(=O)(=O)c1c(N)nsc1NC(C)C1CCCC1. The predicted molar refractivity (Wildman–Crippen MR) is 83.9 cm³/mol. The first-order chi connectivity index (χ1) is 9.45. The third-order valence-electron chi connectivity index (χ3n) is 3.92. The summed E-state index contributed by atoms with van der Waals surface area (Å²) in [6, 6.07) is 0.257. The first-order valence-corrected chi connectivity index (χ1v) is 9.62. The zero-order valence-corrected chi connectivity index (χ0v) is 13.7. The molecule has 1 saturated carbocycles. The summed E-state index contributed by atoms with van der Waals surface area (Å²) in [5, 5.41) is 3.94. The normalized spacial score (nSPS) is 18.3. The second-order valence-corrected chi connectivity index (χ2v) is 8.34. The second kappa shape index (κ2) is 6.30. The smallest absolute Gasteiger partial charge is 0.185 e. The van der Waals surface area contributed by atoms with E-state index >= 15 is 0 Å². The Kier molecular flexibility index (Phi) is 4.90. The molecule has 0 amide bonds. The van der Waals surface area contributed by atoms with Crippen molar-refractivity contribution in [3.8, 4) is 0 Å². The molecular weight excluding hydrogens is 294 g/mol. The van der Waals surface area contributed by atoms with Gasteiger partial charge in [0, 0.05) is 6.04 Å². The van der Waals surface area contributed by atoms with Crippen molar-refractivity contribution in [1.29, 1.82) is 0 Å². The second-order valence-electron chi connectivity index (χ2n) is 5.52. The van der Waals surface area contributed by atoms with Gasteiger partial charge >= 0.3 is 0 Å². The van der Waals surface area contributed by atoms with Gasteiger partial charge in [0.2, 0.25) is 0 Å². The average molecular weight is 317 g/mol. The number of hydrogen-bond acceptors (Lipinski definition) is 6. The topological polar surface area (TPSA) is 85.1 Å². The molecule has 0 aliphatic heterocycles. The predicted octanol–water partition coefficient (Wildman–Crippen LogP) is 2.90. The zero-order chi connectivity index (χ0) is 14.8. The highest BCUT2D eigenvalue weighted by Gasteiger charge is 2.28. The largest absolute Gasteiger partial charge is 0.382 e. The molecule has 20 heavy (non-hydrogen) atoms. The molecule has 1 aromatic heterocycles. The number of nitrogens with two attached hydrogens (primary N) is 1. The van der Waals surface area contributed by atoms with Gasteiger partial charge in [-0.05, 0) is 43.6 Å². The van der Waals surface area contributed by atoms with Gasteiger partial charge in [-0.1, -0.05) is 19.8 Å². The summed E-state index contributed by atoms with van der Waals surface area (Å²) >= 11 is 1.15. The number of nitrogens with one attached hydrogen (secondary N) is 1. The average Bonchev–Trinajstić information content (AvgIpc) is 2.99. The quantitative estimate of drug-likeness (QED) is 0.842. The molecule has 1 atom stereocenters. The highest BCUT2D eigenvalue weighted by atomic mass is 32.2. The summed E-state index contributed by atoms with van der Waals surface area (Å²) in [6.45, 7) is 3.96. The maximum Gasteiger partial charge on any atom is 0.185 e. The van der Waals surface area contributed by atoms with Crippen molar-refractivity contribution < 1.29 is 8.42 Å². The molecule has 0 saturated heterocycles. The van der Waals surface area contributed by atoms with Gasteiger partial charge in [-0.15, -0.1) is 0 Å². The van der Waals surface area contributed by atoms with Crippen LogP contribution in [-0.2, 0) is 9.84 Å². The van der Waals surface area contributed by atoms with Crippen LogP contribution in [0.25, 0.3) is 0 Å². The Labute approximate surface area is 125 Å². The van der Waals surface area contributed by atoms with E-state index < -0.39 is 9.84 Å². The number of anilines is 2. The molecule has 1 fully saturated rings. The van der Waals surface area contributed by atoms with Crippen LogP contribution in [0.5, 0.6) is 0 Å². The van der Waals surface area contributed by atoms with Gasteiger partial charge in [0.25, 0.3) is 0 Å². The van der Waals surface area contributed by atoms with Crippen molar-refractivity contribution in [3.05, 3.63) is 0 Å². The van der Waals surface area contributed by atoms with Crippen LogP contribution in [0.3, 0.4) is 0 Å². The fourth-order valence-corrected chi connectivity index (χ4v) is 5.54. The molecule has 0 radical (unpaired) electrons. The summed E-state index contributed by atoms with van der Waals surface area (Å²) in [7, 11) is -3.34. The Morgan fingerprint density at radius 3 is 2.70 bits per heavy atom.